The highest BCUT2D eigenvalue weighted by Gasteiger charge is 2.18. The van der Waals surface area contributed by atoms with E-state index in [-0.39, 0.29) is 16.9 Å². The molecule has 4 aromatic rings. The molecule has 0 aliphatic rings. The van der Waals surface area contributed by atoms with Crippen molar-refractivity contribution in [2.45, 2.75) is 0 Å². The Balaban J connectivity index is 2.11. The van der Waals surface area contributed by atoms with Crippen molar-refractivity contribution in [3.63, 3.8) is 0 Å². The van der Waals surface area contributed by atoms with E-state index in [0.717, 1.165) is 5.56 Å². The second kappa shape index (κ2) is 5.83. The van der Waals surface area contributed by atoms with Crippen molar-refractivity contribution in [1.29, 1.82) is 0 Å². The maximum atomic E-state index is 13.1. The van der Waals surface area contributed by atoms with E-state index in [0.29, 0.717) is 27.9 Å². The molecule has 122 valence electrons. The third-order valence-corrected chi connectivity index (χ3v) is 4.07. The van der Waals surface area contributed by atoms with E-state index in [1.807, 2.05) is 30.3 Å². The fourth-order valence-corrected chi connectivity index (χ4v) is 2.86. The van der Waals surface area contributed by atoms with Crippen LogP contribution in [0.5, 0.6) is 11.5 Å². The van der Waals surface area contributed by atoms with Crippen LogP contribution >= 0.6 is 0 Å². The Kier molecular flexibility index (Phi) is 3.51. The molecule has 0 saturated heterocycles. The fourth-order valence-electron chi connectivity index (χ4n) is 2.86. The second-order valence-electron chi connectivity index (χ2n) is 5.73. The Morgan fingerprint density at radius 2 is 1.40 bits per heavy atom. The van der Waals surface area contributed by atoms with Crippen molar-refractivity contribution >= 4 is 11.0 Å². The van der Waals surface area contributed by atoms with Crippen molar-refractivity contribution < 1.29 is 14.6 Å². The van der Waals surface area contributed by atoms with Gasteiger partial charge in [-0.05, 0) is 29.8 Å². The van der Waals surface area contributed by atoms with E-state index >= 15 is 0 Å². The topological polar surface area (TPSA) is 70.7 Å². The normalized spacial score (nSPS) is 10.9. The third kappa shape index (κ3) is 2.64. The molecular formula is C21H14O4. The number of hydrogen-bond acceptors (Lipinski definition) is 4. The van der Waals surface area contributed by atoms with Gasteiger partial charge in [-0.25, -0.2) is 0 Å². The number of benzene rings is 3. The van der Waals surface area contributed by atoms with Crippen LogP contribution in [-0.2, 0) is 0 Å². The molecule has 0 bridgehead atoms. The lowest BCUT2D eigenvalue weighted by Crippen LogP contribution is -2.07. The summed E-state index contributed by atoms with van der Waals surface area (Å²) in [6.07, 6.45) is 0. The summed E-state index contributed by atoms with van der Waals surface area (Å²) in [5, 5.41) is 19.6. The molecule has 3 aromatic carbocycles. The van der Waals surface area contributed by atoms with Crippen LogP contribution in [0.15, 0.2) is 82.0 Å². The van der Waals surface area contributed by atoms with Crippen LogP contribution in [0.4, 0.5) is 0 Å². The van der Waals surface area contributed by atoms with E-state index in [9.17, 15) is 15.0 Å². The highest BCUT2D eigenvalue weighted by molar-refractivity contribution is 5.89. The average molecular weight is 330 g/mol. The maximum absolute atomic E-state index is 13.1. The number of fused-ring (bicyclic) bond motifs is 1. The lowest BCUT2D eigenvalue weighted by atomic mass is 9.98. The monoisotopic (exact) mass is 330 g/mol. The molecule has 0 saturated carbocycles. The van der Waals surface area contributed by atoms with Gasteiger partial charge in [0.2, 0.25) is 5.43 Å². The van der Waals surface area contributed by atoms with Gasteiger partial charge in [-0.1, -0.05) is 42.5 Å². The number of rotatable bonds is 2. The van der Waals surface area contributed by atoms with E-state index in [4.69, 9.17) is 4.42 Å². The quantitative estimate of drug-likeness (QED) is 0.566. The van der Waals surface area contributed by atoms with Gasteiger partial charge in [-0.15, -0.1) is 0 Å². The lowest BCUT2D eigenvalue weighted by molar-refractivity contribution is 0.474. The Hall–Kier alpha value is -3.53. The first-order valence-corrected chi connectivity index (χ1v) is 7.78. The second-order valence-corrected chi connectivity index (χ2v) is 5.73. The number of hydrogen-bond donors (Lipinski definition) is 2. The molecule has 1 aromatic heterocycles. The Morgan fingerprint density at radius 1 is 0.720 bits per heavy atom. The highest BCUT2D eigenvalue weighted by Crippen LogP contribution is 2.33. The van der Waals surface area contributed by atoms with Gasteiger partial charge in [-0.2, -0.15) is 0 Å². The summed E-state index contributed by atoms with van der Waals surface area (Å²) in [7, 11) is 0. The molecule has 4 nitrogen and oxygen atoms in total. The van der Waals surface area contributed by atoms with Gasteiger partial charge in [0.15, 0.2) is 0 Å². The lowest BCUT2D eigenvalue weighted by Gasteiger charge is -2.11. The van der Waals surface area contributed by atoms with E-state index in [1.165, 1.54) is 24.3 Å². The summed E-state index contributed by atoms with van der Waals surface area (Å²) in [5.74, 6) is 0.585. The first-order valence-electron chi connectivity index (χ1n) is 7.78. The maximum Gasteiger partial charge on any atom is 0.201 e. The Morgan fingerprint density at radius 3 is 2.12 bits per heavy atom. The molecule has 0 spiro atoms. The largest absolute Gasteiger partial charge is 0.508 e. The van der Waals surface area contributed by atoms with Crippen LogP contribution in [0.1, 0.15) is 0 Å². The van der Waals surface area contributed by atoms with Gasteiger partial charge >= 0.3 is 0 Å². The number of phenolic OH excluding ortho intramolecular Hbond substituents is 2. The molecule has 0 amide bonds. The van der Waals surface area contributed by atoms with Crippen LogP contribution in [-0.4, -0.2) is 10.2 Å². The van der Waals surface area contributed by atoms with Gasteiger partial charge in [0.05, 0.1) is 10.9 Å². The van der Waals surface area contributed by atoms with E-state index in [1.54, 1.807) is 18.2 Å². The van der Waals surface area contributed by atoms with Gasteiger partial charge in [0.1, 0.15) is 22.8 Å². The minimum absolute atomic E-state index is 0.0343. The molecule has 0 aliphatic carbocycles. The van der Waals surface area contributed by atoms with E-state index in [2.05, 4.69) is 0 Å². The summed E-state index contributed by atoms with van der Waals surface area (Å²) in [5.41, 5.74) is 1.97. The van der Waals surface area contributed by atoms with Crippen molar-refractivity contribution in [2.75, 3.05) is 0 Å². The van der Waals surface area contributed by atoms with Crippen LogP contribution in [0.3, 0.4) is 0 Å². The van der Waals surface area contributed by atoms with E-state index < -0.39 is 0 Å². The molecule has 0 radical (unpaired) electrons. The first-order chi connectivity index (χ1) is 12.1. The minimum Gasteiger partial charge on any atom is -0.508 e. The number of phenols is 2. The fraction of sp³-hybridized carbons (Fsp3) is 0. The van der Waals surface area contributed by atoms with Crippen molar-refractivity contribution in [2.24, 2.45) is 0 Å². The van der Waals surface area contributed by atoms with Crippen molar-refractivity contribution in [3.8, 4) is 33.9 Å². The van der Waals surface area contributed by atoms with Crippen molar-refractivity contribution in [3.05, 3.63) is 83.0 Å². The Labute approximate surface area is 143 Å². The molecule has 2 N–H and O–H groups in total. The zero-order valence-corrected chi connectivity index (χ0v) is 13.1. The molecule has 1 heterocycles. The van der Waals surface area contributed by atoms with Crippen LogP contribution in [0.2, 0.25) is 0 Å². The molecule has 4 heteroatoms. The minimum atomic E-state index is -0.189. The molecule has 0 fully saturated rings. The molecular weight excluding hydrogens is 316 g/mol. The van der Waals surface area contributed by atoms with Crippen LogP contribution in [0.25, 0.3) is 33.4 Å². The molecule has 4 rings (SSSR count). The summed E-state index contributed by atoms with van der Waals surface area (Å²) in [4.78, 5) is 13.1. The standard InChI is InChI=1S/C21H14O4/c22-15-8-6-13(7-9-15)19-20(24)17-11-10-16(23)12-18(17)25-21(19)14-4-2-1-3-5-14/h1-12,22-23H. The Bertz CT molecular complexity index is 1110. The van der Waals surface area contributed by atoms with Gasteiger partial charge in [0, 0.05) is 11.6 Å². The zero-order chi connectivity index (χ0) is 17.4. The predicted molar refractivity (Wildman–Crippen MR) is 96.7 cm³/mol. The smallest absolute Gasteiger partial charge is 0.201 e. The molecule has 0 aliphatic heterocycles. The predicted octanol–water partition coefficient (Wildman–Crippen LogP) is 4.54. The SMILES string of the molecule is O=c1c(-c2ccc(O)cc2)c(-c2ccccc2)oc2cc(O)ccc12. The zero-order valence-electron chi connectivity index (χ0n) is 13.1. The first kappa shape index (κ1) is 15.0. The van der Waals surface area contributed by atoms with Gasteiger partial charge in [0.25, 0.3) is 0 Å². The summed E-state index contributed by atoms with van der Waals surface area (Å²) in [6, 6.07) is 20.2. The average Bonchev–Trinajstić information content (AvgIpc) is 2.63. The molecule has 25 heavy (non-hydrogen) atoms. The summed E-state index contributed by atoms with van der Waals surface area (Å²) < 4.78 is 6.00. The van der Waals surface area contributed by atoms with Crippen LogP contribution in [0, 0.1) is 0 Å². The molecule has 0 unspecified atom stereocenters. The highest BCUT2D eigenvalue weighted by atomic mass is 16.3. The third-order valence-electron chi connectivity index (χ3n) is 4.07. The van der Waals surface area contributed by atoms with Gasteiger partial charge in [-0.3, -0.25) is 4.79 Å². The van der Waals surface area contributed by atoms with Gasteiger partial charge < -0.3 is 14.6 Å². The number of aromatic hydroxyl groups is 2. The summed E-state index contributed by atoms with van der Waals surface area (Å²) in [6.45, 7) is 0. The molecule has 0 atom stereocenters. The van der Waals surface area contributed by atoms with Crippen LogP contribution < -0.4 is 5.43 Å². The van der Waals surface area contributed by atoms with Crippen molar-refractivity contribution in [1.82, 2.24) is 0 Å². The summed E-state index contributed by atoms with van der Waals surface area (Å²) >= 11 is 0.